The SMILES string of the molecule is C=NOCCNCCSCCCCC(C)=O. The number of oxime groups is 1. The van der Waals surface area contributed by atoms with Crippen molar-refractivity contribution in [3.05, 3.63) is 0 Å². The maximum absolute atomic E-state index is 10.7. The van der Waals surface area contributed by atoms with Crippen LogP contribution in [-0.4, -0.2) is 43.7 Å². The zero-order valence-corrected chi connectivity index (χ0v) is 10.9. The van der Waals surface area contributed by atoms with Gasteiger partial charge in [0.25, 0.3) is 0 Å². The molecule has 0 bridgehead atoms. The summed E-state index contributed by atoms with van der Waals surface area (Å²) in [4.78, 5) is 15.4. The molecule has 0 spiro atoms. The number of ketones is 1. The van der Waals surface area contributed by atoms with Crippen molar-refractivity contribution in [1.82, 2.24) is 5.32 Å². The molecule has 16 heavy (non-hydrogen) atoms. The number of hydrogen-bond acceptors (Lipinski definition) is 5. The van der Waals surface area contributed by atoms with Crippen molar-refractivity contribution >= 4 is 24.3 Å². The monoisotopic (exact) mass is 246 g/mol. The Morgan fingerprint density at radius 3 is 2.88 bits per heavy atom. The van der Waals surface area contributed by atoms with Gasteiger partial charge in [0.1, 0.15) is 12.4 Å². The Bertz CT molecular complexity index is 189. The molecule has 0 aromatic heterocycles. The predicted molar refractivity (Wildman–Crippen MR) is 70.2 cm³/mol. The number of carbonyl (C=O) groups excluding carboxylic acids is 1. The fraction of sp³-hybridized carbons (Fsp3) is 0.818. The number of hydrogen-bond donors (Lipinski definition) is 1. The van der Waals surface area contributed by atoms with E-state index in [1.54, 1.807) is 6.92 Å². The topological polar surface area (TPSA) is 50.7 Å². The van der Waals surface area contributed by atoms with Gasteiger partial charge < -0.3 is 14.9 Å². The maximum Gasteiger partial charge on any atom is 0.129 e. The highest BCUT2D eigenvalue weighted by Crippen LogP contribution is 2.05. The van der Waals surface area contributed by atoms with E-state index in [1.807, 2.05) is 11.8 Å². The van der Waals surface area contributed by atoms with Crippen molar-refractivity contribution in [2.45, 2.75) is 26.2 Å². The van der Waals surface area contributed by atoms with E-state index in [0.29, 0.717) is 12.4 Å². The van der Waals surface area contributed by atoms with Crippen LogP contribution in [0.1, 0.15) is 26.2 Å². The lowest BCUT2D eigenvalue weighted by Crippen LogP contribution is -2.21. The minimum atomic E-state index is 0.294. The first kappa shape index (κ1) is 15.4. The molecule has 0 fully saturated rings. The fourth-order valence-corrected chi connectivity index (χ4v) is 2.03. The normalized spacial score (nSPS) is 10.1. The zero-order chi connectivity index (χ0) is 12.1. The van der Waals surface area contributed by atoms with E-state index >= 15 is 0 Å². The smallest absolute Gasteiger partial charge is 0.129 e. The first-order chi connectivity index (χ1) is 7.77. The van der Waals surface area contributed by atoms with Gasteiger partial charge >= 0.3 is 0 Å². The van der Waals surface area contributed by atoms with Crippen molar-refractivity contribution in [2.75, 3.05) is 31.2 Å². The minimum absolute atomic E-state index is 0.294. The van der Waals surface area contributed by atoms with Crippen LogP contribution in [0.3, 0.4) is 0 Å². The van der Waals surface area contributed by atoms with E-state index in [1.165, 1.54) is 0 Å². The van der Waals surface area contributed by atoms with Gasteiger partial charge in [0.05, 0.1) is 0 Å². The largest absolute Gasteiger partial charge is 0.395 e. The van der Waals surface area contributed by atoms with Crippen LogP contribution in [0.5, 0.6) is 0 Å². The lowest BCUT2D eigenvalue weighted by Gasteiger charge is -2.03. The third-order valence-corrected chi connectivity index (χ3v) is 3.02. The van der Waals surface area contributed by atoms with Gasteiger partial charge in [0.15, 0.2) is 0 Å². The molecule has 0 unspecified atom stereocenters. The lowest BCUT2D eigenvalue weighted by molar-refractivity contribution is -0.117. The van der Waals surface area contributed by atoms with Crippen LogP contribution in [0.25, 0.3) is 0 Å². The van der Waals surface area contributed by atoms with Crippen molar-refractivity contribution in [3.63, 3.8) is 0 Å². The number of Topliss-reactive ketones (excluding diaryl/α,β-unsaturated/α-hetero) is 1. The second-order valence-electron chi connectivity index (χ2n) is 3.48. The Balaban J connectivity index is 2.93. The van der Waals surface area contributed by atoms with Crippen LogP contribution in [0.4, 0.5) is 0 Å². The molecule has 4 nitrogen and oxygen atoms in total. The summed E-state index contributed by atoms with van der Waals surface area (Å²) in [7, 11) is 0. The minimum Gasteiger partial charge on any atom is -0.395 e. The summed E-state index contributed by atoms with van der Waals surface area (Å²) in [6.07, 6.45) is 2.88. The van der Waals surface area contributed by atoms with E-state index in [0.717, 1.165) is 43.9 Å². The molecule has 0 aliphatic carbocycles. The molecule has 0 aromatic carbocycles. The van der Waals surface area contributed by atoms with Crippen LogP contribution in [-0.2, 0) is 9.63 Å². The second-order valence-corrected chi connectivity index (χ2v) is 4.71. The van der Waals surface area contributed by atoms with Crippen LogP contribution in [0.15, 0.2) is 5.16 Å². The molecular weight excluding hydrogens is 224 g/mol. The third kappa shape index (κ3) is 13.4. The summed E-state index contributed by atoms with van der Waals surface area (Å²) in [6, 6.07) is 0. The number of nitrogens with zero attached hydrogens (tertiary/aromatic N) is 1. The van der Waals surface area contributed by atoms with Gasteiger partial charge in [-0.05, 0) is 25.5 Å². The van der Waals surface area contributed by atoms with E-state index in [4.69, 9.17) is 4.84 Å². The van der Waals surface area contributed by atoms with Gasteiger partial charge in [0.2, 0.25) is 0 Å². The maximum atomic E-state index is 10.7. The lowest BCUT2D eigenvalue weighted by atomic mass is 10.2. The van der Waals surface area contributed by atoms with E-state index < -0.39 is 0 Å². The summed E-state index contributed by atoms with van der Waals surface area (Å²) in [5.74, 6) is 2.53. The highest BCUT2D eigenvalue weighted by Gasteiger charge is 1.94. The van der Waals surface area contributed by atoms with Crippen LogP contribution in [0.2, 0.25) is 0 Å². The summed E-state index contributed by atoms with van der Waals surface area (Å²) in [5.41, 5.74) is 0. The Kier molecular flexibility index (Phi) is 12.1. The van der Waals surface area contributed by atoms with Crippen molar-refractivity contribution in [2.24, 2.45) is 5.16 Å². The molecule has 0 saturated heterocycles. The van der Waals surface area contributed by atoms with Gasteiger partial charge in [-0.25, -0.2) is 0 Å². The van der Waals surface area contributed by atoms with Crippen molar-refractivity contribution in [1.29, 1.82) is 0 Å². The molecule has 94 valence electrons. The molecule has 0 atom stereocenters. The first-order valence-corrected chi connectivity index (χ1v) is 6.78. The number of unbranched alkanes of at least 4 members (excludes halogenated alkanes) is 1. The van der Waals surface area contributed by atoms with Gasteiger partial charge in [-0.2, -0.15) is 11.8 Å². The van der Waals surface area contributed by atoms with Crippen molar-refractivity contribution < 1.29 is 9.63 Å². The zero-order valence-electron chi connectivity index (χ0n) is 10.0. The Labute approximate surface area is 102 Å². The van der Waals surface area contributed by atoms with Gasteiger partial charge in [-0.3, -0.25) is 0 Å². The summed E-state index contributed by atoms with van der Waals surface area (Å²) < 4.78 is 0. The highest BCUT2D eigenvalue weighted by molar-refractivity contribution is 7.99. The quantitative estimate of drug-likeness (QED) is 0.323. The predicted octanol–water partition coefficient (Wildman–Crippen LogP) is 1.70. The number of thioether (sulfide) groups is 1. The molecule has 0 heterocycles. The molecule has 5 heteroatoms. The highest BCUT2D eigenvalue weighted by atomic mass is 32.2. The Hall–Kier alpha value is -0.550. The summed E-state index contributed by atoms with van der Waals surface area (Å²) >= 11 is 1.92. The molecule has 0 aliphatic heterocycles. The average molecular weight is 246 g/mol. The van der Waals surface area contributed by atoms with Crippen LogP contribution in [0, 0.1) is 0 Å². The number of carbonyl (C=O) groups is 1. The molecule has 0 rings (SSSR count). The molecule has 0 aliphatic rings. The van der Waals surface area contributed by atoms with E-state index in [2.05, 4.69) is 17.2 Å². The molecule has 1 N–H and O–H groups in total. The third-order valence-electron chi connectivity index (χ3n) is 1.95. The van der Waals surface area contributed by atoms with Gasteiger partial charge in [-0.15, -0.1) is 5.16 Å². The molecule has 0 aromatic rings. The Morgan fingerprint density at radius 2 is 2.19 bits per heavy atom. The van der Waals surface area contributed by atoms with Gasteiger partial charge in [-0.1, -0.05) is 0 Å². The summed E-state index contributed by atoms with van der Waals surface area (Å²) in [6.45, 7) is 7.24. The molecular formula is C11H22N2O2S. The van der Waals surface area contributed by atoms with E-state index in [9.17, 15) is 4.79 Å². The fourth-order valence-electron chi connectivity index (χ4n) is 1.13. The first-order valence-electron chi connectivity index (χ1n) is 5.63. The summed E-state index contributed by atoms with van der Waals surface area (Å²) in [5, 5.41) is 6.54. The average Bonchev–Trinajstić information content (AvgIpc) is 2.25. The van der Waals surface area contributed by atoms with Crippen LogP contribution >= 0.6 is 11.8 Å². The number of rotatable bonds is 12. The van der Waals surface area contributed by atoms with E-state index in [-0.39, 0.29) is 0 Å². The second kappa shape index (κ2) is 12.5. The van der Waals surface area contributed by atoms with Crippen LogP contribution < -0.4 is 5.32 Å². The molecule has 0 saturated carbocycles. The number of nitrogens with one attached hydrogen (secondary N) is 1. The van der Waals surface area contributed by atoms with Crippen molar-refractivity contribution in [3.8, 4) is 0 Å². The molecule has 0 radical (unpaired) electrons. The van der Waals surface area contributed by atoms with Gasteiger partial charge in [0, 0.05) is 32.0 Å². The standard InChI is InChI=1S/C11H22N2O2S/c1-11(14)5-3-4-9-16-10-7-13-6-8-15-12-2/h13H,2-10H2,1H3. The molecule has 0 amide bonds. The Morgan fingerprint density at radius 1 is 1.38 bits per heavy atom.